The van der Waals surface area contributed by atoms with Gasteiger partial charge in [0.1, 0.15) is 0 Å². The Kier molecular flexibility index (Phi) is 32.9. The van der Waals surface area contributed by atoms with Crippen LogP contribution in [0.5, 0.6) is 0 Å². The zero-order valence-electron chi connectivity index (χ0n) is 31.1. The summed E-state index contributed by atoms with van der Waals surface area (Å²) in [6.07, 6.45) is 29.4. The summed E-state index contributed by atoms with van der Waals surface area (Å²) in [7, 11) is 0. The molecule has 0 spiro atoms. The van der Waals surface area contributed by atoms with Gasteiger partial charge in [-0.2, -0.15) is 0 Å². The highest BCUT2D eigenvalue weighted by molar-refractivity contribution is 5.85. The van der Waals surface area contributed by atoms with Crippen molar-refractivity contribution in [2.75, 3.05) is 13.2 Å². The molecule has 0 fully saturated rings. The molecule has 0 saturated carbocycles. The number of unbranched alkanes of at least 4 members (excludes halogenated alkanes) is 20. The molecule has 0 aliphatic carbocycles. The Hall–Kier alpha value is -1.14. The van der Waals surface area contributed by atoms with E-state index in [0.717, 1.165) is 51.4 Å². The van der Waals surface area contributed by atoms with Gasteiger partial charge in [0.15, 0.2) is 12.2 Å². The van der Waals surface area contributed by atoms with Crippen LogP contribution in [0.4, 0.5) is 0 Å². The summed E-state index contributed by atoms with van der Waals surface area (Å²) in [4.78, 5) is 25.4. The highest BCUT2D eigenvalue weighted by atomic mass is 16.6. The molecule has 4 atom stereocenters. The van der Waals surface area contributed by atoms with Gasteiger partial charge in [0.2, 0.25) is 0 Å². The van der Waals surface area contributed by atoms with E-state index < -0.39 is 24.1 Å². The molecule has 0 aromatic heterocycles. The van der Waals surface area contributed by atoms with E-state index in [-0.39, 0.29) is 25.0 Å². The van der Waals surface area contributed by atoms with Crippen LogP contribution in [0.1, 0.15) is 207 Å². The molecule has 0 aromatic carbocycles. The van der Waals surface area contributed by atoms with Crippen LogP contribution in [-0.2, 0) is 19.1 Å². The van der Waals surface area contributed by atoms with Gasteiger partial charge in [-0.05, 0) is 37.5 Å². The Bertz CT molecular complexity index is 612. The fraction of sp³-hybridized carbons (Fsp3) is 0.950. The number of carbonyl (C=O) groups is 2. The van der Waals surface area contributed by atoms with Crippen LogP contribution in [0.15, 0.2) is 0 Å². The lowest BCUT2D eigenvalue weighted by molar-refractivity contribution is -0.174. The average Bonchev–Trinajstić information content (AvgIpc) is 3.06. The van der Waals surface area contributed by atoms with E-state index in [2.05, 4.69) is 27.7 Å². The number of aliphatic hydroxyl groups excluding tert-OH is 2. The first-order chi connectivity index (χ1) is 22.4. The molecule has 0 heterocycles. The van der Waals surface area contributed by atoms with Crippen molar-refractivity contribution in [1.29, 1.82) is 0 Å². The van der Waals surface area contributed by atoms with E-state index >= 15 is 0 Å². The van der Waals surface area contributed by atoms with Crippen LogP contribution >= 0.6 is 0 Å². The third-order valence-corrected chi connectivity index (χ3v) is 9.57. The zero-order valence-corrected chi connectivity index (χ0v) is 31.1. The van der Waals surface area contributed by atoms with Gasteiger partial charge >= 0.3 is 11.9 Å². The number of hydrogen-bond donors (Lipinski definition) is 2. The molecule has 0 rings (SSSR count). The van der Waals surface area contributed by atoms with Crippen molar-refractivity contribution in [2.45, 2.75) is 220 Å². The van der Waals surface area contributed by atoms with Gasteiger partial charge < -0.3 is 19.7 Å². The van der Waals surface area contributed by atoms with E-state index in [0.29, 0.717) is 0 Å². The number of aliphatic hydroxyl groups is 2. The summed E-state index contributed by atoms with van der Waals surface area (Å²) in [5.41, 5.74) is 0. The van der Waals surface area contributed by atoms with Crippen molar-refractivity contribution < 1.29 is 29.3 Å². The molecule has 0 radical (unpaired) electrons. The number of ether oxygens (including phenoxy) is 2. The van der Waals surface area contributed by atoms with Crippen LogP contribution in [0.25, 0.3) is 0 Å². The minimum absolute atomic E-state index is 0.222. The second kappa shape index (κ2) is 33.7. The minimum atomic E-state index is -1.92. The Balaban J connectivity index is 4.75. The summed E-state index contributed by atoms with van der Waals surface area (Å²) < 4.78 is 11.0. The first kappa shape index (κ1) is 44.9. The van der Waals surface area contributed by atoms with Gasteiger partial charge in [-0.1, -0.05) is 182 Å². The molecule has 6 heteroatoms. The standard InChI is InChI=1S/C40H78O6/c1-5-9-13-17-19-23-27-31-35(29-25-21-15-11-7-3)33-45-39(43)37(41)38(42)40(44)46-34-36(30-26-22-16-12-8-4)32-28-24-20-18-14-10-6-2/h35-38,41-42H,5-34H2,1-4H3. The third-order valence-electron chi connectivity index (χ3n) is 9.57. The molecular weight excluding hydrogens is 576 g/mol. The van der Waals surface area contributed by atoms with E-state index in [1.54, 1.807) is 0 Å². The summed E-state index contributed by atoms with van der Waals surface area (Å²) in [5.74, 6) is -1.39. The van der Waals surface area contributed by atoms with Gasteiger partial charge in [0.05, 0.1) is 13.2 Å². The maximum Gasteiger partial charge on any atom is 0.338 e. The normalized spacial score (nSPS) is 14.1. The molecule has 2 N–H and O–H groups in total. The summed E-state index contributed by atoms with van der Waals surface area (Å²) >= 11 is 0. The SMILES string of the molecule is CCCCCCCCCC(CCCCCCC)COC(=O)C(O)C(O)C(=O)OCC(CCCCCCC)CCCCCCCCC. The monoisotopic (exact) mass is 655 g/mol. The maximum absolute atomic E-state index is 12.7. The molecule has 4 unspecified atom stereocenters. The Morgan fingerprint density at radius 2 is 0.609 bits per heavy atom. The largest absolute Gasteiger partial charge is 0.463 e. The molecule has 6 nitrogen and oxygen atoms in total. The molecule has 0 saturated heterocycles. The predicted octanol–water partition coefficient (Wildman–Crippen LogP) is 11.0. The second-order valence-corrected chi connectivity index (χ2v) is 14.1. The lowest BCUT2D eigenvalue weighted by atomic mass is 9.94. The summed E-state index contributed by atoms with van der Waals surface area (Å²) in [6.45, 7) is 9.33. The fourth-order valence-electron chi connectivity index (χ4n) is 6.30. The van der Waals surface area contributed by atoms with Crippen molar-refractivity contribution in [2.24, 2.45) is 11.8 Å². The van der Waals surface area contributed by atoms with E-state index in [9.17, 15) is 19.8 Å². The third kappa shape index (κ3) is 26.9. The molecule has 0 amide bonds. The van der Waals surface area contributed by atoms with Crippen LogP contribution in [0.3, 0.4) is 0 Å². The van der Waals surface area contributed by atoms with Gasteiger partial charge in [0, 0.05) is 0 Å². The van der Waals surface area contributed by atoms with Crippen LogP contribution < -0.4 is 0 Å². The van der Waals surface area contributed by atoms with E-state index in [4.69, 9.17) is 9.47 Å². The van der Waals surface area contributed by atoms with E-state index in [1.807, 2.05) is 0 Å². The molecule has 274 valence electrons. The number of rotatable bonds is 35. The molecule has 0 aliphatic heterocycles. The highest BCUT2D eigenvalue weighted by Crippen LogP contribution is 2.22. The van der Waals surface area contributed by atoms with Crippen molar-refractivity contribution in [3.63, 3.8) is 0 Å². The first-order valence-electron chi connectivity index (χ1n) is 20.1. The average molecular weight is 655 g/mol. The van der Waals surface area contributed by atoms with Crippen molar-refractivity contribution in [3.05, 3.63) is 0 Å². The van der Waals surface area contributed by atoms with Crippen LogP contribution in [0.2, 0.25) is 0 Å². The topological polar surface area (TPSA) is 93.1 Å². The quantitative estimate of drug-likeness (QED) is 0.0522. The van der Waals surface area contributed by atoms with Gasteiger partial charge in [0.25, 0.3) is 0 Å². The molecule has 0 aliphatic rings. The fourth-order valence-corrected chi connectivity index (χ4v) is 6.30. The number of carbonyl (C=O) groups excluding carboxylic acids is 2. The summed E-state index contributed by atoms with van der Waals surface area (Å²) in [5, 5.41) is 21.0. The predicted molar refractivity (Wildman–Crippen MR) is 193 cm³/mol. The lowest BCUT2D eigenvalue weighted by Crippen LogP contribution is -2.42. The number of hydrogen-bond acceptors (Lipinski definition) is 6. The van der Waals surface area contributed by atoms with Crippen LogP contribution in [-0.4, -0.2) is 47.6 Å². The Labute approximate surface area is 285 Å². The lowest BCUT2D eigenvalue weighted by Gasteiger charge is -2.21. The molecule has 46 heavy (non-hydrogen) atoms. The zero-order chi connectivity index (χ0) is 34.1. The Morgan fingerprint density at radius 3 is 0.848 bits per heavy atom. The van der Waals surface area contributed by atoms with Crippen molar-refractivity contribution >= 4 is 11.9 Å². The Morgan fingerprint density at radius 1 is 0.391 bits per heavy atom. The van der Waals surface area contributed by atoms with E-state index in [1.165, 1.54) is 128 Å². The van der Waals surface area contributed by atoms with Gasteiger partial charge in [-0.3, -0.25) is 0 Å². The molecule has 0 bridgehead atoms. The van der Waals surface area contributed by atoms with Crippen LogP contribution in [0, 0.1) is 11.8 Å². The first-order valence-corrected chi connectivity index (χ1v) is 20.1. The van der Waals surface area contributed by atoms with Gasteiger partial charge in [-0.25, -0.2) is 9.59 Å². The summed E-state index contributed by atoms with van der Waals surface area (Å²) in [6, 6.07) is 0. The molecule has 0 aromatic rings. The molecular formula is C40H78O6. The maximum atomic E-state index is 12.7. The second-order valence-electron chi connectivity index (χ2n) is 14.1. The highest BCUT2D eigenvalue weighted by Gasteiger charge is 2.33. The smallest absolute Gasteiger partial charge is 0.338 e. The minimum Gasteiger partial charge on any atom is -0.463 e. The van der Waals surface area contributed by atoms with Crippen molar-refractivity contribution in [1.82, 2.24) is 0 Å². The van der Waals surface area contributed by atoms with Crippen molar-refractivity contribution in [3.8, 4) is 0 Å². The number of esters is 2. The van der Waals surface area contributed by atoms with Gasteiger partial charge in [-0.15, -0.1) is 0 Å².